The van der Waals surface area contributed by atoms with Gasteiger partial charge in [0.15, 0.2) is 0 Å². The van der Waals surface area contributed by atoms with Gasteiger partial charge in [-0.15, -0.1) is 0 Å². The molecule has 0 amide bonds. The molecule has 0 saturated carbocycles. The van der Waals surface area contributed by atoms with Crippen molar-refractivity contribution in [1.29, 1.82) is 0 Å². The zero-order valence-corrected chi connectivity index (χ0v) is 5.21. The maximum atomic E-state index is 10.1. The molecule has 2 heteroatoms. The first kappa shape index (κ1) is 6.49. The van der Waals surface area contributed by atoms with Gasteiger partial charge in [-0.1, -0.05) is 6.08 Å². The molecule has 9 heavy (non-hydrogen) atoms. The van der Waals surface area contributed by atoms with E-state index >= 15 is 0 Å². The third-order valence-corrected chi connectivity index (χ3v) is 1.58. The first-order chi connectivity index (χ1) is 4.34. The van der Waals surface area contributed by atoms with Gasteiger partial charge in [-0.2, -0.15) is 0 Å². The van der Waals surface area contributed by atoms with Crippen molar-refractivity contribution in [2.24, 2.45) is 0 Å². The molecule has 0 saturated heterocycles. The van der Waals surface area contributed by atoms with E-state index in [4.69, 9.17) is 5.11 Å². The van der Waals surface area contributed by atoms with Crippen LogP contribution in [-0.2, 0) is 4.79 Å². The molecule has 0 aliphatic heterocycles. The van der Waals surface area contributed by atoms with Crippen molar-refractivity contribution in [3.8, 4) is 0 Å². The highest BCUT2D eigenvalue weighted by atomic mass is 16.3. The lowest BCUT2D eigenvalue weighted by Gasteiger charge is -2.13. The van der Waals surface area contributed by atoms with Gasteiger partial charge >= 0.3 is 0 Å². The Kier molecular flexibility index (Phi) is 2.01. The Hall–Kier alpha value is -0.630. The first-order valence-electron chi connectivity index (χ1n) is 3.18. The lowest BCUT2D eigenvalue weighted by atomic mass is 9.98. The van der Waals surface area contributed by atoms with Crippen molar-refractivity contribution in [2.45, 2.75) is 25.4 Å². The van der Waals surface area contributed by atoms with E-state index in [1.54, 1.807) is 6.08 Å². The fourth-order valence-corrected chi connectivity index (χ4v) is 1.01. The minimum Gasteiger partial charge on any atom is -0.388 e. The van der Waals surface area contributed by atoms with Crippen LogP contribution in [0.1, 0.15) is 19.3 Å². The van der Waals surface area contributed by atoms with Crippen LogP contribution >= 0.6 is 0 Å². The van der Waals surface area contributed by atoms with Crippen LogP contribution in [0.25, 0.3) is 0 Å². The summed E-state index contributed by atoms with van der Waals surface area (Å²) >= 11 is 0. The number of hydrogen-bond acceptors (Lipinski definition) is 2. The molecule has 1 atom stereocenters. The molecule has 0 unspecified atom stereocenters. The first-order valence-corrected chi connectivity index (χ1v) is 3.18. The number of hydrogen-bond donors (Lipinski definition) is 1. The van der Waals surface area contributed by atoms with Gasteiger partial charge in [0.2, 0.25) is 0 Å². The van der Waals surface area contributed by atoms with Gasteiger partial charge in [0.05, 0.1) is 6.10 Å². The molecule has 0 fully saturated rings. The predicted octanol–water partition coefficient (Wildman–Crippen LogP) is 0.656. The van der Waals surface area contributed by atoms with Crippen LogP contribution < -0.4 is 0 Å². The minimum absolute atomic E-state index is 0.490. The molecular formula is C7H10O2. The molecule has 0 radical (unpaired) electrons. The number of allylic oxidation sites excluding steroid dienone is 1. The largest absolute Gasteiger partial charge is 0.388 e. The molecule has 0 heterocycles. The van der Waals surface area contributed by atoms with Crippen LogP contribution in [0.2, 0.25) is 0 Å². The summed E-state index contributed by atoms with van der Waals surface area (Å²) in [6, 6.07) is 0. The maximum absolute atomic E-state index is 10.1. The third-order valence-electron chi connectivity index (χ3n) is 1.58. The average Bonchev–Trinajstić information content (AvgIpc) is 1.89. The Morgan fingerprint density at radius 3 is 3.00 bits per heavy atom. The summed E-state index contributed by atoms with van der Waals surface area (Å²) in [4.78, 5) is 10.1. The summed E-state index contributed by atoms with van der Waals surface area (Å²) in [6.45, 7) is 0. The summed E-state index contributed by atoms with van der Waals surface area (Å²) in [5.74, 6) is 0. The molecule has 0 aromatic rings. The van der Waals surface area contributed by atoms with Crippen molar-refractivity contribution >= 4 is 6.29 Å². The highest BCUT2D eigenvalue weighted by Gasteiger charge is 2.12. The van der Waals surface area contributed by atoms with Crippen LogP contribution in [0.3, 0.4) is 0 Å². The molecule has 1 N–H and O–H groups in total. The Morgan fingerprint density at radius 1 is 1.78 bits per heavy atom. The van der Waals surface area contributed by atoms with Crippen LogP contribution in [0.15, 0.2) is 11.6 Å². The Balaban J connectivity index is 2.63. The van der Waals surface area contributed by atoms with Crippen molar-refractivity contribution in [3.63, 3.8) is 0 Å². The predicted molar refractivity (Wildman–Crippen MR) is 34.0 cm³/mol. The number of aldehydes is 1. The average molecular weight is 126 g/mol. The lowest BCUT2D eigenvalue weighted by molar-refractivity contribution is -0.105. The minimum atomic E-state index is -0.490. The summed E-state index contributed by atoms with van der Waals surface area (Å²) in [5.41, 5.74) is 0.557. The fraction of sp³-hybridized carbons (Fsp3) is 0.571. The molecule has 50 valence electrons. The van der Waals surface area contributed by atoms with Crippen molar-refractivity contribution in [1.82, 2.24) is 0 Å². The number of carbonyl (C=O) groups excluding carboxylic acids is 1. The summed E-state index contributed by atoms with van der Waals surface area (Å²) in [6.07, 6.45) is 4.73. The van der Waals surface area contributed by atoms with Crippen LogP contribution in [0, 0.1) is 0 Å². The second-order valence-corrected chi connectivity index (χ2v) is 2.27. The maximum Gasteiger partial charge on any atom is 0.148 e. The molecule has 0 aromatic heterocycles. The van der Waals surface area contributed by atoms with E-state index in [9.17, 15) is 4.79 Å². The zero-order chi connectivity index (χ0) is 6.69. The van der Waals surface area contributed by atoms with E-state index < -0.39 is 6.10 Å². The second kappa shape index (κ2) is 2.78. The molecule has 0 spiro atoms. The second-order valence-electron chi connectivity index (χ2n) is 2.27. The summed E-state index contributed by atoms with van der Waals surface area (Å²) in [7, 11) is 0. The standard InChI is InChI=1S/C7H10O2/c8-5-6-3-1-2-4-7(6)9/h3,5,7,9H,1-2,4H2/t7-/m1/s1. The smallest absolute Gasteiger partial charge is 0.148 e. The highest BCUT2D eigenvalue weighted by Crippen LogP contribution is 2.15. The number of rotatable bonds is 1. The quantitative estimate of drug-likeness (QED) is 0.524. The molecule has 0 aromatic carbocycles. The van der Waals surface area contributed by atoms with Crippen molar-refractivity contribution < 1.29 is 9.90 Å². The van der Waals surface area contributed by atoms with Crippen molar-refractivity contribution in [2.75, 3.05) is 0 Å². The topological polar surface area (TPSA) is 37.3 Å². The van der Waals surface area contributed by atoms with Gasteiger partial charge in [0, 0.05) is 5.57 Å². The van der Waals surface area contributed by atoms with Crippen LogP contribution in [-0.4, -0.2) is 17.5 Å². The van der Waals surface area contributed by atoms with Gasteiger partial charge in [-0.25, -0.2) is 0 Å². The van der Waals surface area contributed by atoms with E-state index in [0.717, 1.165) is 25.5 Å². The Bertz CT molecular complexity index is 138. The normalized spacial score (nSPS) is 27.2. The molecule has 0 bridgehead atoms. The molecular weight excluding hydrogens is 116 g/mol. The van der Waals surface area contributed by atoms with E-state index in [0.29, 0.717) is 5.57 Å². The van der Waals surface area contributed by atoms with Crippen LogP contribution in [0.4, 0.5) is 0 Å². The van der Waals surface area contributed by atoms with Gasteiger partial charge in [0.25, 0.3) is 0 Å². The molecule has 2 nitrogen and oxygen atoms in total. The lowest BCUT2D eigenvalue weighted by Crippen LogP contribution is -2.14. The van der Waals surface area contributed by atoms with E-state index in [-0.39, 0.29) is 0 Å². The monoisotopic (exact) mass is 126 g/mol. The molecule has 1 aliphatic rings. The van der Waals surface area contributed by atoms with E-state index in [2.05, 4.69) is 0 Å². The van der Waals surface area contributed by atoms with Gasteiger partial charge in [-0.3, -0.25) is 4.79 Å². The van der Waals surface area contributed by atoms with Gasteiger partial charge < -0.3 is 5.11 Å². The summed E-state index contributed by atoms with van der Waals surface area (Å²) in [5, 5.41) is 9.07. The molecule has 1 aliphatic carbocycles. The Morgan fingerprint density at radius 2 is 2.56 bits per heavy atom. The number of aliphatic hydroxyl groups is 1. The zero-order valence-electron chi connectivity index (χ0n) is 5.21. The fourth-order valence-electron chi connectivity index (χ4n) is 1.01. The Labute approximate surface area is 54.2 Å². The van der Waals surface area contributed by atoms with Gasteiger partial charge in [0.1, 0.15) is 6.29 Å². The highest BCUT2D eigenvalue weighted by molar-refractivity contribution is 5.74. The number of aliphatic hydroxyl groups excluding tert-OH is 1. The molecule has 1 rings (SSSR count). The van der Waals surface area contributed by atoms with Crippen molar-refractivity contribution in [3.05, 3.63) is 11.6 Å². The van der Waals surface area contributed by atoms with E-state index in [1.165, 1.54) is 0 Å². The SMILES string of the molecule is O=CC1=CCCC[C@H]1O. The summed E-state index contributed by atoms with van der Waals surface area (Å²) < 4.78 is 0. The van der Waals surface area contributed by atoms with Crippen LogP contribution in [0.5, 0.6) is 0 Å². The van der Waals surface area contributed by atoms with E-state index in [1.807, 2.05) is 0 Å². The third kappa shape index (κ3) is 1.39. The number of carbonyl (C=O) groups is 1. The van der Waals surface area contributed by atoms with Gasteiger partial charge in [-0.05, 0) is 19.3 Å².